The first-order valence-electron chi connectivity index (χ1n) is 8.62. The average Bonchev–Trinajstić information content (AvgIpc) is 2.61. The van der Waals surface area contributed by atoms with Crippen molar-refractivity contribution in [2.75, 3.05) is 13.1 Å². The SMILES string of the molecule is Cc1c(CCC(=O)N2CCC[C@H](C(=O)O)C2)c(=O)oc2cc(O)ccc12. The Labute approximate surface area is 149 Å². The van der Waals surface area contributed by atoms with Crippen LogP contribution in [0.25, 0.3) is 11.0 Å². The number of piperidine rings is 1. The molecule has 1 aliphatic heterocycles. The second-order valence-electron chi connectivity index (χ2n) is 6.69. The van der Waals surface area contributed by atoms with Gasteiger partial charge in [0.1, 0.15) is 11.3 Å². The normalized spacial score (nSPS) is 17.4. The number of carbonyl (C=O) groups is 2. The molecule has 0 aliphatic carbocycles. The highest BCUT2D eigenvalue weighted by Crippen LogP contribution is 2.24. The molecule has 0 unspecified atom stereocenters. The van der Waals surface area contributed by atoms with Crippen molar-refractivity contribution in [3.8, 4) is 5.75 Å². The van der Waals surface area contributed by atoms with Gasteiger partial charge in [-0.1, -0.05) is 0 Å². The zero-order valence-electron chi connectivity index (χ0n) is 14.5. The lowest BCUT2D eigenvalue weighted by Crippen LogP contribution is -2.42. The van der Waals surface area contributed by atoms with E-state index in [0.29, 0.717) is 35.9 Å². The van der Waals surface area contributed by atoms with Gasteiger partial charge in [-0.25, -0.2) is 4.79 Å². The van der Waals surface area contributed by atoms with E-state index in [1.54, 1.807) is 17.9 Å². The molecule has 26 heavy (non-hydrogen) atoms. The number of hydrogen-bond acceptors (Lipinski definition) is 5. The molecule has 138 valence electrons. The summed E-state index contributed by atoms with van der Waals surface area (Å²) in [5.74, 6) is -1.54. The molecule has 1 aliphatic rings. The Morgan fingerprint density at radius 3 is 2.85 bits per heavy atom. The summed E-state index contributed by atoms with van der Waals surface area (Å²) in [5, 5.41) is 19.4. The van der Waals surface area contributed by atoms with Crippen molar-refractivity contribution in [1.29, 1.82) is 0 Å². The van der Waals surface area contributed by atoms with Gasteiger partial charge in [-0.2, -0.15) is 0 Å². The van der Waals surface area contributed by atoms with Crippen LogP contribution in [-0.4, -0.2) is 40.1 Å². The maximum Gasteiger partial charge on any atom is 0.339 e. The van der Waals surface area contributed by atoms with Gasteiger partial charge in [0.25, 0.3) is 0 Å². The Kier molecular flexibility index (Phi) is 4.97. The van der Waals surface area contributed by atoms with Crippen LogP contribution in [0.2, 0.25) is 0 Å². The van der Waals surface area contributed by atoms with Crippen molar-refractivity contribution >= 4 is 22.8 Å². The van der Waals surface area contributed by atoms with E-state index in [1.807, 2.05) is 0 Å². The second-order valence-corrected chi connectivity index (χ2v) is 6.69. The molecule has 0 spiro atoms. The zero-order chi connectivity index (χ0) is 18.8. The Morgan fingerprint density at radius 1 is 1.35 bits per heavy atom. The molecule has 1 amide bonds. The molecule has 1 atom stereocenters. The molecule has 0 radical (unpaired) electrons. The van der Waals surface area contributed by atoms with Crippen LogP contribution in [0.4, 0.5) is 0 Å². The molecule has 2 heterocycles. The molecule has 1 aromatic heterocycles. The van der Waals surface area contributed by atoms with Gasteiger partial charge < -0.3 is 19.5 Å². The largest absolute Gasteiger partial charge is 0.508 e. The number of likely N-dealkylation sites (tertiary alicyclic amines) is 1. The molecule has 1 aromatic carbocycles. The first-order chi connectivity index (χ1) is 12.4. The summed E-state index contributed by atoms with van der Waals surface area (Å²) in [6, 6.07) is 4.58. The number of phenolic OH excluding ortho intramolecular Hbond substituents is 1. The molecule has 0 bridgehead atoms. The first-order valence-corrected chi connectivity index (χ1v) is 8.62. The maximum atomic E-state index is 12.4. The van der Waals surface area contributed by atoms with E-state index in [-0.39, 0.29) is 31.0 Å². The highest BCUT2D eigenvalue weighted by atomic mass is 16.4. The predicted molar refractivity (Wildman–Crippen MR) is 94.1 cm³/mol. The monoisotopic (exact) mass is 359 g/mol. The van der Waals surface area contributed by atoms with E-state index in [4.69, 9.17) is 9.52 Å². The van der Waals surface area contributed by atoms with E-state index >= 15 is 0 Å². The van der Waals surface area contributed by atoms with Crippen molar-refractivity contribution < 1.29 is 24.2 Å². The van der Waals surface area contributed by atoms with E-state index in [1.165, 1.54) is 12.1 Å². The minimum absolute atomic E-state index is 0.0149. The maximum absolute atomic E-state index is 12.4. The summed E-state index contributed by atoms with van der Waals surface area (Å²) in [6.45, 7) is 2.56. The van der Waals surface area contributed by atoms with Gasteiger partial charge >= 0.3 is 11.6 Å². The number of fused-ring (bicyclic) bond motifs is 1. The number of carbonyl (C=O) groups excluding carboxylic acids is 1. The van der Waals surface area contributed by atoms with Crippen LogP contribution in [-0.2, 0) is 16.0 Å². The fourth-order valence-corrected chi connectivity index (χ4v) is 3.47. The van der Waals surface area contributed by atoms with Gasteiger partial charge in [-0.05, 0) is 43.9 Å². The zero-order valence-corrected chi connectivity index (χ0v) is 14.5. The van der Waals surface area contributed by atoms with E-state index < -0.39 is 17.5 Å². The predicted octanol–water partition coefficient (Wildman–Crippen LogP) is 2.06. The summed E-state index contributed by atoms with van der Waals surface area (Å²) in [6.07, 6.45) is 1.61. The number of amides is 1. The number of nitrogens with zero attached hydrogens (tertiary/aromatic N) is 1. The van der Waals surface area contributed by atoms with Crippen molar-refractivity contribution in [2.24, 2.45) is 5.92 Å². The van der Waals surface area contributed by atoms with Crippen LogP contribution < -0.4 is 5.63 Å². The fourth-order valence-electron chi connectivity index (χ4n) is 3.47. The van der Waals surface area contributed by atoms with Crippen LogP contribution >= 0.6 is 0 Å². The number of hydrogen-bond donors (Lipinski definition) is 2. The Bertz CT molecular complexity index is 916. The first kappa shape index (κ1) is 18.0. The molecule has 1 saturated heterocycles. The van der Waals surface area contributed by atoms with E-state index in [9.17, 15) is 19.5 Å². The molecule has 7 nitrogen and oxygen atoms in total. The van der Waals surface area contributed by atoms with Gasteiger partial charge in [-0.3, -0.25) is 9.59 Å². The molecule has 7 heteroatoms. The smallest absolute Gasteiger partial charge is 0.339 e. The number of aryl methyl sites for hydroxylation is 1. The third-order valence-corrected chi connectivity index (χ3v) is 4.98. The summed E-state index contributed by atoms with van der Waals surface area (Å²) in [7, 11) is 0. The second kappa shape index (κ2) is 7.19. The molecular weight excluding hydrogens is 338 g/mol. The summed E-state index contributed by atoms with van der Waals surface area (Å²) in [5.41, 5.74) is 0.952. The van der Waals surface area contributed by atoms with Gasteiger partial charge in [0.15, 0.2) is 0 Å². The summed E-state index contributed by atoms with van der Waals surface area (Å²) >= 11 is 0. The van der Waals surface area contributed by atoms with Gasteiger partial charge in [0.2, 0.25) is 5.91 Å². The molecule has 2 N–H and O–H groups in total. The van der Waals surface area contributed by atoms with Gasteiger partial charge in [-0.15, -0.1) is 0 Å². The fraction of sp³-hybridized carbons (Fsp3) is 0.421. The van der Waals surface area contributed by atoms with Gasteiger partial charge in [0, 0.05) is 36.5 Å². The number of phenols is 1. The quantitative estimate of drug-likeness (QED) is 0.809. The van der Waals surface area contributed by atoms with Crippen LogP contribution in [0.5, 0.6) is 5.75 Å². The average molecular weight is 359 g/mol. The van der Waals surface area contributed by atoms with Crippen molar-refractivity contribution in [2.45, 2.75) is 32.6 Å². The van der Waals surface area contributed by atoms with Crippen molar-refractivity contribution in [3.63, 3.8) is 0 Å². The van der Waals surface area contributed by atoms with E-state index in [2.05, 4.69) is 0 Å². The van der Waals surface area contributed by atoms with Gasteiger partial charge in [0.05, 0.1) is 5.92 Å². The Hall–Kier alpha value is -2.83. The highest BCUT2D eigenvalue weighted by Gasteiger charge is 2.28. The number of benzene rings is 1. The Morgan fingerprint density at radius 2 is 2.12 bits per heavy atom. The lowest BCUT2D eigenvalue weighted by molar-refractivity contribution is -0.145. The molecular formula is C19H21NO6. The number of carboxylic acids is 1. The van der Waals surface area contributed by atoms with E-state index in [0.717, 1.165) is 5.56 Å². The number of aromatic hydroxyl groups is 1. The van der Waals surface area contributed by atoms with Crippen molar-refractivity contribution in [3.05, 3.63) is 39.7 Å². The minimum atomic E-state index is -0.878. The van der Waals surface area contributed by atoms with Crippen LogP contribution in [0.1, 0.15) is 30.4 Å². The highest BCUT2D eigenvalue weighted by molar-refractivity contribution is 5.83. The molecule has 1 fully saturated rings. The van der Waals surface area contributed by atoms with Crippen LogP contribution in [0, 0.1) is 12.8 Å². The minimum Gasteiger partial charge on any atom is -0.508 e. The third-order valence-electron chi connectivity index (χ3n) is 4.98. The molecule has 3 rings (SSSR count). The van der Waals surface area contributed by atoms with Crippen LogP contribution in [0.3, 0.4) is 0 Å². The number of aliphatic carboxylic acids is 1. The van der Waals surface area contributed by atoms with Crippen molar-refractivity contribution in [1.82, 2.24) is 4.90 Å². The molecule has 0 saturated carbocycles. The number of carboxylic acid groups (broad SMARTS) is 1. The topological polar surface area (TPSA) is 108 Å². The number of rotatable bonds is 4. The molecule has 2 aromatic rings. The third kappa shape index (κ3) is 3.56. The standard InChI is InChI=1S/C19H21NO6/c1-11-14-5-4-13(21)9-16(14)26-19(25)15(11)6-7-17(22)20-8-2-3-12(10-20)18(23)24/h4-5,9,12,21H,2-3,6-8,10H2,1H3,(H,23,24)/t12-/m0/s1. The lowest BCUT2D eigenvalue weighted by atomic mass is 9.97. The summed E-state index contributed by atoms with van der Waals surface area (Å²) < 4.78 is 5.26. The summed E-state index contributed by atoms with van der Waals surface area (Å²) in [4.78, 5) is 37.4. The lowest BCUT2D eigenvalue weighted by Gasteiger charge is -2.30. The Balaban J connectivity index is 1.75. The van der Waals surface area contributed by atoms with Crippen LogP contribution in [0.15, 0.2) is 27.4 Å².